The normalized spacial score (nSPS) is 22.1. The van der Waals surface area contributed by atoms with Crippen LogP contribution in [0.25, 0.3) is 53.9 Å². The Kier molecular flexibility index (Phi) is 1.58. The molecule has 2 heterocycles. The van der Waals surface area contributed by atoms with E-state index in [9.17, 15) is 0 Å². The van der Waals surface area contributed by atoms with Crippen molar-refractivity contribution in [2.45, 2.75) is 12.2 Å². The van der Waals surface area contributed by atoms with Crippen LogP contribution in [0, 0.1) is 0 Å². The van der Waals surface area contributed by atoms with E-state index in [4.69, 9.17) is 4.74 Å². The van der Waals surface area contributed by atoms with Gasteiger partial charge in [0.25, 0.3) is 0 Å². The van der Waals surface area contributed by atoms with Crippen molar-refractivity contribution in [3.63, 3.8) is 0 Å². The highest BCUT2D eigenvalue weighted by Gasteiger charge is 2.38. The second-order valence-corrected chi connectivity index (χ2v) is 7.59. The van der Waals surface area contributed by atoms with Crippen LogP contribution in [0.4, 0.5) is 0 Å². The maximum atomic E-state index is 6.23. The molecule has 0 saturated heterocycles. The molecule has 2 aliphatic rings. The van der Waals surface area contributed by atoms with Crippen molar-refractivity contribution in [2.24, 2.45) is 0 Å². The molecule has 114 valence electrons. The molecule has 2 atom stereocenters. The van der Waals surface area contributed by atoms with Crippen molar-refractivity contribution in [3.05, 3.63) is 71.8 Å². The molecule has 2 unspecified atom stereocenters. The molecule has 6 aromatic carbocycles. The quantitative estimate of drug-likeness (QED) is 0.231. The Hall–Kier alpha value is -2.90. The SMILES string of the molecule is C1=CC2OC1c1c2c2ccc3ccc4ccc5ccc1c1c5c4c3c21. The summed E-state index contributed by atoms with van der Waals surface area (Å²) in [4.78, 5) is 0. The van der Waals surface area contributed by atoms with E-state index in [1.165, 1.54) is 65.0 Å². The number of hydrogen-bond donors (Lipinski definition) is 0. The van der Waals surface area contributed by atoms with Crippen molar-refractivity contribution in [3.8, 4) is 0 Å². The Bertz CT molecular complexity index is 1410. The number of ether oxygens (including phenoxy) is 1. The third kappa shape index (κ3) is 1.04. The lowest BCUT2D eigenvalue weighted by molar-refractivity contribution is 0.0887. The second-order valence-electron chi connectivity index (χ2n) is 7.59. The van der Waals surface area contributed by atoms with E-state index in [1.807, 2.05) is 0 Å². The van der Waals surface area contributed by atoms with E-state index in [0.717, 1.165) is 0 Å². The van der Waals surface area contributed by atoms with Crippen molar-refractivity contribution in [1.29, 1.82) is 0 Å². The van der Waals surface area contributed by atoms with Crippen LogP contribution in [-0.2, 0) is 4.74 Å². The molecule has 1 heteroatoms. The Morgan fingerprint density at radius 3 is 1.36 bits per heavy atom. The van der Waals surface area contributed by atoms with Gasteiger partial charge in [0.05, 0.1) is 0 Å². The summed E-state index contributed by atoms with van der Waals surface area (Å²) in [6.45, 7) is 0. The standard InChI is InChI=1S/C24H12O/c1-3-12-5-7-14-21-16-9-10-17(25-16)22(21)15-8-6-13-4-2-11(1)18-19(12)23(14)24(15)20(13)18/h1-10,16-17H. The number of fused-ring (bicyclic) bond motifs is 7. The summed E-state index contributed by atoms with van der Waals surface area (Å²) in [5.74, 6) is 0. The molecule has 25 heavy (non-hydrogen) atoms. The third-order valence-corrected chi connectivity index (χ3v) is 6.59. The highest BCUT2D eigenvalue weighted by Crippen LogP contribution is 2.56. The van der Waals surface area contributed by atoms with Crippen molar-refractivity contribution in [1.82, 2.24) is 0 Å². The smallest absolute Gasteiger partial charge is 0.103 e. The monoisotopic (exact) mass is 316 g/mol. The molecule has 6 aromatic rings. The topological polar surface area (TPSA) is 9.23 Å². The largest absolute Gasteiger partial charge is 0.357 e. The molecular weight excluding hydrogens is 304 g/mol. The van der Waals surface area contributed by atoms with Gasteiger partial charge >= 0.3 is 0 Å². The van der Waals surface area contributed by atoms with Crippen molar-refractivity contribution >= 4 is 53.9 Å². The van der Waals surface area contributed by atoms with E-state index in [0.29, 0.717) is 0 Å². The lowest BCUT2D eigenvalue weighted by Crippen LogP contribution is -1.96. The fraction of sp³-hybridized carbons (Fsp3) is 0.0833. The maximum Gasteiger partial charge on any atom is 0.103 e. The van der Waals surface area contributed by atoms with Gasteiger partial charge in [0.15, 0.2) is 0 Å². The highest BCUT2D eigenvalue weighted by molar-refractivity contribution is 6.45. The number of rotatable bonds is 0. The minimum atomic E-state index is 0.125. The van der Waals surface area contributed by atoms with Crippen LogP contribution in [0.15, 0.2) is 60.7 Å². The van der Waals surface area contributed by atoms with Crippen LogP contribution >= 0.6 is 0 Å². The van der Waals surface area contributed by atoms with E-state index in [2.05, 4.69) is 60.7 Å². The summed E-state index contributed by atoms with van der Waals surface area (Å²) < 4.78 is 6.23. The first-order valence-electron chi connectivity index (χ1n) is 8.94. The maximum absolute atomic E-state index is 6.23. The van der Waals surface area contributed by atoms with Gasteiger partial charge in [-0.15, -0.1) is 0 Å². The molecule has 2 bridgehead atoms. The van der Waals surface area contributed by atoms with Crippen LogP contribution in [0.1, 0.15) is 23.3 Å². The Balaban J connectivity index is 1.86. The van der Waals surface area contributed by atoms with E-state index in [-0.39, 0.29) is 12.2 Å². The Labute approximate surface area is 143 Å². The molecule has 0 radical (unpaired) electrons. The summed E-state index contributed by atoms with van der Waals surface area (Å²) in [5, 5.41) is 14.1. The summed E-state index contributed by atoms with van der Waals surface area (Å²) in [6.07, 6.45) is 4.71. The molecule has 0 aromatic heterocycles. The van der Waals surface area contributed by atoms with Gasteiger partial charge in [-0.1, -0.05) is 60.7 Å². The van der Waals surface area contributed by atoms with Gasteiger partial charge in [-0.25, -0.2) is 0 Å². The summed E-state index contributed by atoms with van der Waals surface area (Å²) in [5.41, 5.74) is 2.81. The van der Waals surface area contributed by atoms with E-state index < -0.39 is 0 Å². The third-order valence-electron chi connectivity index (χ3n) is 6.59. The summed E-state index contributed by atoms with van der Waals surface area (Å²) >= 11 is 0. The molecule has 2 aliphatic heterocycles. The molecule has 0 N–H and O–H groups in total. The first-order chi connectivity index (χ1) is 12.4. The molecular formula is C24H12O. The molecule has 8 rings (SSSR count). The number of benzene rings is 5. The zero-order valence-corrected chi connectivity index (χ0v) is 13.3. The fourth-order valence-corrected chi connectivity index (χ4v) is 5.70. The zero-order chi connectivity index (χ0) is 15.9. The number of hydrogen-bond acceptors (Lipinski definition) is 1. The van der Waals surface area contributed by atoms with Crippen LogP contribution < -0.4 is 0 Å². The lowest BCUT2D eigenvalue weighted by atomic mass is 9.86. The van der Waals surface area contributed by atoms with Gasteiger partial charge in [0.2, 0.25) is 0 Å². The molecule has 0 fully saturated rings. The minimum absolute atomic E-state index is 0.125. The van der Waals surface area contributed by atoms with Crippen LogP contribution in [-0.4, -0.2) is 0 Å². The predicted octanol–water partition coefficient (Wildman–Crippen LogP) is 6.45. The van der Waals surface area contributed by atoms with Gasteiger partial charge in [-0.3, -0.25) is 0 Å². The molecule has 0 aliphatic carbocycles. The molecule has 1 nitrogen and oxygen atoms in total. The van der Waals surface area contributed by atoms with E-state index >= 15 is 0 Å². The fourth-order valence-electron chi connectivity index (χ4n) is 5.70. The molecule has 0 spiro atoms. The summed E-state index contributed by atoms with van der Waals surface area (Å²) in [7, 11) is 0. The second kappa shape index (κ2) is 3.40. The van der Waals surface area contributed by atoms with Crippen molar-refractivity contribution < 1.29 is 4.74 Å². The Morgan fingerprint density at radius 2 is 0.880 bits per heavy atom. The predicted molar refractivity (Wildman–Crippen MR) is 103 cm³/mol. The summed E-state index contributed by atoms with van der Waals surface area (Å²) in [6, 6.07) is 18.3. The Morgan fingerprint density at radius 1 is 0.480 bits per heavy atom. The first-order valence-corrected chi connectivity index (χ1v) is 8.94. The van der Waals surface area contributed by atoms with Gasteiger partial charge in [-0.2, -0.15) is 0 Å². The van der Waals surface area contributed by atoms with Crippen LogP contribution in [0.2, 0.25) is 0 Å². The van der Waals surface area contributed by atoms with Gasteiger partial charge in [0, 0.05) is 0 Å². The molecule has 0 amide bonds. The lowest BCUT2D eigenvalue weighted by Gasteiger charge is -2.15. The van der Waals surface area contributed by atoms with Gasteiger partial charge in [-0.05, 0) is 65.0 Å². The first kappa shape index (κ1) is 11.6. The minimum Gasteiger partial charge on any atom is -0.357 e. The van der Waals surface area contributed by atoms with Gasteiger partial charge < -0.3 is 4.74 Å². The van der Waals surface area contributed by atoms with Crippen LogP contribution in [0.3, 0.4) is 0 Å². The molecule has 0 saturated carbocycles. The van der Waals surface area contributed by atoms with Gasteiger partial charge in [0.1, 0.15) is 12.2 Å². The van der Waals surface area contributed by atoms with E-state index in [1.54, 1.807) is 0 Å². The zero-order valence-electron chi connectivity index (χ0n) is 13.3. The van der Waals surface area contributed by atoms with Crippen LogP contribution in [0.5, 0.6) is 0 Å². The highest BCUT2D eigenvalue weighted by atomic mass is 16.5. The average Bonchev–Trinajstić information content (AvgIpc) is 3.36. The average molecular weight is 316 g/mol. The van der Waals surface area contributed by atoms with Crippen molar-refractivity contribution in [2.75, 3.05) is 0 Å².